The lowest BCUT2D eigenvalue weighted by molar-refractivity contribution is 0.597. The Morgan fingerprint density at radius 1 is 0.536 bits per heavy atom. The maximum atomic E-state index is 14.0. The molecule has 0 radical (unpaired) electrons. The van der Waals surface area contributed by atoms with E-state index in [1.165, 1.54) is 43.4 Å². The van der Waals surface area contributed by atoms with Crippen LogP contribution in [0, 0.1) is 0 Å². The maximum absolute atomic E-state index is 14.0. The minimum absolute atomic E-state index is 0.918. The van der Waals surface area contributed by atoms with E-state index in [-0.39, 0.29) is 0 Å². The fraction of sp³-hybridized carbons (Fsp3) is 0. The van der Waals surface area contributed by atoms with E-state index in [4.69, 9.17) is 0 Å². The van der Waals surface area contributed by atoms with Gasteiger partial charge in [-0.3, -0.25) is 0 Å². The highest BCUT2D eigenvalue weighted by molar-refractivity contribution is 7.39. The largest absolute Gasteiger partial charge is 0.509 e. The van der Waals surface area contributed by atoms with Crippen LogP contribution in [0.25, 0.3) is 65.0 Å². The molecule has 4 heterocycles. The van der Waals surface area contributed by atoms with Gasteiger partial charge in [-0.2, -0.15) is 0 Å². The highest BCUT2D eigenvalue weighted by atomic mass is 31.1. The van der Waals surface area contributed by atoms with Crippen molar-refractivity contribution < 1.29 is 4.57 Å². The SMILES string of the molecule is O=[p+]1c2cccc3c4cccc5c6ccc7c8ccccc8n1c7c6n(c54)c32. The Labute approximate surface area is 158 Å². The molecule has 128 valence electrons. The van der Waals surface area contributed by atoms with Crippen molar-refractivity contribution in [1.82, 2.24) is 8.56 Å². The van der Waals surface area contributed by atoms with Gasteiger partial charge in [-0.15, -0.1) is 4.16 Å². The number of aromatic nitrogens is 2. The smallest absolute Gasteiger partial charge is 0.302 e. The molecule has 4 aromatic heterocycles. The molecule has 3 nitrogen and oxygen atoms in total. The molecule has 0 saturated carbocycles. The van der Waals surface area contributed by atoms with Gasteiger partial charge in [0.2, 0.25) is 5.12 Å². The summed E-state index contributed by atoms with van der Waals surface area (Å²) >= 11 is 0. The Balaban J connectivity index is 1.99. The molecule has 8 rings (SSSR count). The van der Waals surface area contributed by atoms with E-state index in [1.807, 2.05) is 18.2 Å². The molecule has 28 heavy (non-hydrogen) atoms. The van der Waals surface area contributed by atoms with Crippen molar-refractivity contribution in [3.63, 3.8) is 0 Å². The molecule has 0 bridgehead atoms. The quantitative estimate of drug-likeness (QED) is 0.280. The van der Waals surface area contributed by atoms with Crippen LogP contribution in [0.5, 0.6) is 0 Å². The summed E-state index contributed by atoms with van der Waals surface area (Å²) in [5.41, 5.74) is 5.66. The van der Waals surface area contributed by atoms with E-state index in [0.717, 1.165) is 21.7 Å². The van der Waals surface area contributed by atoms with Gasteiger partial charge < -0.3 is 4.40 Å². The van der Waals surface area contributed by atoms with Crippen molar-refractivity contribution in [3.05, 3.63) is 72.8 Å². The van der Waals surface area contributed by atoms with Gasteiger partial charge in [-0.05, 0) is 16.7 Å². The number of nitrogens with zero attached hydrogens (tertiary/aromatic N) is 2. The topological polar surface area (TPSA) is 25.9 Å². The minimum atomic E-state index is -1.76. The molecule has 0 amide bonds. The molecule has 0 aliphatic carbocycles. The molecule has 0 saturated heterocycles. The van der Waals surface area contributed by atoms with Crippen molar-refractivity contribution in [2.45, 2.75) is 0 Å². The van der Waals surface area contributed by atoms with Crippen LogP contribution in [0.3, 0.4) is 0 Å². The van der Waals surface area contributed by atoms with Gasteiger partial charge in [-0.1, -0.05) is 60.7 Å². The van der Waals surface area contributed by atoms with Crippen LogP contribution < -0.4 is 0 Å². The Morgan fingerprint density at radius 2 is 1.14 bits per heavy atom. The average molecular weight is 375 g/mol. The zero-order chi connectivity index (χ0) is 18.1. The summed E-state index contributed by atoms with van der Waals surface area (Å²) in [6.07, 6.45) is 0. The molecule has 0 spiro atoms. The summed E-state index contributed by atoms with van der Waals surface area (Å²) in [5, 5.41) is 8.19. The molecule has 0 aliphatic rings. The number of fused-ring (bicyclic) bond motifs is 5. The second kappa shape index (κ2) is 4.19. The summed E-state index contributed by atoms with van der Waals surface area (Å²) in [6.45, 7) is 0. The average Bonchev–Trinajstić information content (AvgIpc) is 3.34. The van der Waals surface area contributed by atoms with Crippen molar-refractivity contribution >= 4 is 72.6 Å². The van der Waals surface area contributed by atoms with E-state index >= 15 is 0 Å². The monoisotopic (exact) mass is 375 g/mol. The van der Waals surface area contributed by atoms with Gasteiger partial charge in [0.15, 0.2) is 0 Å². The van der Waals surface area contributed by atoms with Gasteiger partial charge in [0.25, 0.3) is 0 Å². The molecule has 0 aliphatic heterocycles. The second-order valence-electron chi connectivity index (χ2n) is 7.67. The summed E-state index contributed by atoms with van der Waals surface area (Å²) in [6, 6.07) is 25.6. The van der Waals surface area contributed by atoms with Crippen LogP contribution in [0.1, 0.15) is 0 Å². The zero-order valence-electron chi connectivity index (χ0n) is 14.7. The van der Waals surface area contributed by atoms with Crippen LogP contribution in [0.15, 0.2) is 72.8 Å². The number of benzene rings is 4. The molecule has 0 fully saturated rings. The third-order valence-corrected chi connectivity index (χ3v) is 8.03. The van der Waals surface area contributed by atoms with Gasteiger partial charge >= 0.3 is 7.57 Å². The number of hydrogen-bond donors (Lipinski definition) is 0. The molecule has 4 heteroatoms. The van der Waals surface area contributed by atoms with E-state index in [1.54, 1.807) is 0 Å². The number of hydrogen-bond acceptors (Lipinski definition) is 1. The molecule has 1 atom stereocenters. The first-order valence-electron chi connectivity index (χ1n) is 9.45. The minimum Gasteiger partial charge on any atom is -0.302 e. The van der Waals surface area contributed by atoms with Crippen LogP contribution in [-0.4, -0.2) is 8.56 Å². The van der Waals surface area contributed by atoms with E-state index in [0.29, 0.717) is 0 Å². The number of para-hydroxylation sites is 3. The highest BCUT2D eigenvalue weighted by Crippen LogP contribution is 2.48. The summed E-state index contributed by atoms with van der Waals surface area (Å²) in [5.74, 6) is 0. The van der Waals surface area contributed by atoms with E-state index in [9.17, 15) is 4.57 Å². The van der Waals surface area contributed by atoms with Crippen molar-refractivity contribution in [2.75, 3.05) is 0 Å². The first kappa shape index (κ1) is 13.7. The molecular formula is C24H12N2OP+. The molecule has 4 aromatic carbocycles. The van der Waals surface area contributed by atoms with Crippen molar-refractivity contribution in [2.24, 2.45) is 0 Å². The van der Waals surface area contributed by atoms with Crippen LogP contribution in [0.4, 0.5) is 0 Å². The van der Waals surface area contributed by atoms with Crippen molar-refractivity contribution in [3.8, 4) is 0 Å². The standard InChI is InChI=1S/C24H12N2OP/c27-28-20-10-4-8-16-14-6-3-7-15-18-12-11-17-13-5-1-2-9-19(13)26(28)24(17)23(18)25(21(14)15)22(16)20/h1-12H/q+1. The Kier molecular flexibility index (Phi) is 2.05. The van der Waals surface area contributed by atoms with Crippen LogP contribution in [-0.2, 0) is 4.57 Å². The lowest BCUT2D eigenvalue weighted by Gasteiger charge is -1.97. The Morgan fingerprint density at radius 3 is 1.96 bits per heavy atom. The maximum Gasteiger partial charge on any atom is 0.509 e. The fourth-order valence-electron chi connectivity index (χ4n) is 5.45. The highest BCUT2D eigenvalue weighted by Gasteiger charge is 2.29. The van der Waals surface area contributed by atoms with Crippen LogP contribution in [0.2, 0.25) is 0 Å². The summed E-state index contributed by atoms with van der Waals surface area (Å²) in [7, 11) is -1.76. The second-order valence-corrected chi connectivity index (χ2v) is 9.10. The third kappa shape index (κ3) is 1.23. The number of rotatable bonds is 0. The van der Waals surface area contributed by atoms with Gasteiger partial charge in [0.1, 0.15) is 11.0 Å². The van der Waals surface area contributed by atoms with Gasteiger partial charge in [0.05, 0.1) is 16.6 Å². The first-order valence-corrected chi connectivity index (χ1v) is 10.7. The normalized spacial score (nSPS) is 13.8. The first-order chi connectivity index (χ1) is 13.8. The lowest BCUT2D eigenvalue weighted by Crippen LogP contribution is -1.81. The Hall–Kier alpha value is -3.42. The fourth-order valence-corrected chi connectivity index (χ4v) is 7.04. The van der Waals surface area contributed by atoms with Crippen LogP contribution >= 0.6 is 7.57 Å². The summed E-state index contributed by atoms with van der Waals surface area (Å²) < 4.78 is 18.4. The molecule has 8 aromatic rings. The summed E-state index contributed by atoms with van der Waals surface area (Å²) in [4.78, 5) is 0. The van der Waals surface area contributed by atoms with E-state index in [2.05, 4.69) is 63.2 Å². The predicted molar refractivity (Wildman–Crippen MR) is 117 cm³/mol. The van der Waals surface area contributed by atoms with E-state index < -0.39 is 7.57 Å². The molecule has 1 unspecified atom stereocenters. The third-order valence-electron chi connectivity index (χ3n) is 6.48. The lowest BCUT2D eigenvalue weighted by atomic mass is 10.1. The Bertz CT molecular complexity index is 1940. The van der Waals surface area contributed by atoms with Gasteiger partial charge in [-0.25, -0.2) is 0 Å². The predicted octanol–water partition coefficient (Wildman–Crippen LogP) is 7.01. The molecular weight excluding hydrogens is 363 g/mol. The zero-order valence-corrected chi connectivity index (χ0v) is 15.6. The van der Waals surface area contributed by atoms with Crippen molar-refractivity contribution in [1.29, 1.82) is 0 Å². The molecule has 0 N–H and O–H groups in total. The van der Waals surface area contributed by atoms with Gasteiger partial charge in [0, 0.05) is 32.3 Å².